The first-order valence-electron chi connectivity index (χ1n) is 7.50. The number of carbonyl (C=O) groups is 1. The first-order valence-corrected chi connectivity index (χ1v) is 9.15. The van der Waals surface area contributed by atoms with Crippen molar-refractivity contribution in [3.8, 4) is 0 Å². The molecule has 1 fully saturated rings. The Morgan fingerprint density at radius 3 is 2.57 bits per heavy atom. The first-order chi connectivity index (χ1) is 10.8. The summed E-state index contributed by atoms with van der Waals surface area (Å²) in [6.45, 7) is 4.39. The zero-order valence-electron chi connectivity index (χ0n) is 13.3. The lowest BCUT2D eigenvalue weighted by atomic mass is 10.1. The monoisotopic (exact) mass is 343 g/mol. The number of likely N-dealkylation sites (N-methyl/N-ethyl adjacent to an activating group) is 1. The van der Waals surface area contributed by atoms with Gasteiger partial charge in [-0.05, 0) is 25.2 Å². The highest BCUT2D eigenvalue weighted by atomic mass is 32.2. The van der Waals surface area contributed by atoms with Crippen LogP contribution >= 0.6 is 0 Å². The van der Waals surface area contributed by atoms with Crippen molar-refractivity contribution in [3.63, 3.8) is 0 Å². The van der Waals surface area contributed by atoms with Crippen LogP contribution in [-0.4, -0.2) is 63.1 Å². The lowest BCUT2D eigenvalue weighted by Crippen LogP contribution is -2.49. The third kappa shape index (κ3) is 5.18. The van der Waals surface area contributed by atoms with E-state index in [9.17, 15) is 17.6 Å². The van der Waals surface area contributed by atoms with Crippen LogP contribution in [0.3, 0.4) is 0 Å². The Morgan fingerprint density at radius 2 is 1.96 bits per heavy atom. The average molecular weight is 343 g/mol. The molecule has 23 heavy (non-hydrogen) atoms. The van der Waals surface area contributed by atoms with Crippen molar-refractivity contribution in [1.29, 1.82) is 0 Å². The van der Waals surface area contributed by atoms with Gasteiger partial charge < -0.3 is 9.80 Å². The van der Waals surface area contributed by atoms with Gasteiger partial charge in [-0.15, -0.1) is 0 Å². The Hall–Kier alpha value is -1.67. The van der Waals surface area contributed by atoms with Gasteiger partial charge in [0.25, 0.3) is 0 Å². The molecule has 1 atom stereocenters. The fraction of sp³-hybridized carbons (Fsp3) is 0.533. The fourth-order valence-electron chi connectivity index (χ4n) is 2.51. The maximum atomic E-state index is 13.1. The minimum Gasteiger partial charge on any atom is -0.340 e. The molecule has 1 amide bonds. The summed E-state index contributed by atoms with van der Waals surface area (Å²) in [5, 5.41) is 0. The predicted molar refractivity (Wildman–Crippen MR) is 87.1 cm³/mol. The van der Waals surface area contributed by atoms with E-state index in [1.807, 2.05) is 7.05 Å². The van der Waals surface area contributed by atoms with Crippen molar-refractivity contribution in [1.82, 2.24) is 9.80 Å². The second kappa shape index (κ2) is 7.27. The van der Waals surface area contributed by atoms with E-state index < -0.39 is 21.8 Å². The lowest BCUT2D eigenvalue weighted by Gasteiger charge is -2.33. The Labute approximate surface area is 136 Å². The molecule has 1 N–H and O–H groups in total. The van der Waals surface area contributed by atoms with E-state index in [1.165, 1.54) is 18.2 Å². The van der Waals surface area contributed by atoms with Gasteiger partial charge in [-0.2, -0.15) is 0 Å². The quantitative estimate of drug-likeness (QED) is 0.865. The molecule has 1 saturated heterocycles. The number of anilines is 1. The zero-order chi connectivity index (χ0) is 17.0. The van der Waals surface area contributed by atoms with Gasteiger partial charge in [-0.1, -0.05) is 13.0 Å². The van der Waals surface area contributed by atoms with Crippen LogP contribution in [0.15, 0.2) is 24.3 Å². The van der Waals surface area contributed by atoms with E-state index in [2.05, 4.69) is 9.62 Å². The molecule has 1 heterocycles. The second-order valence-corrected chi connectivity index (χ2v) is 7.69. The van der Waals surface area contributed by atoms with Gasteiger partial charge in [0.15, 0.2) is 0 Å². The molecule has 0 aromatic heterocycles. The zero-order valence-corrected chi connectivity index (χ0v) is 14.1. The molecule has 0 spiro atoms. The lowest BCUT2D eigenvalue weighted by molar-refractivity contribution is -0.135. The number of hydrogen-bond donors (Lipinski definition) is 1. The van der Waals surface area contributed by atoms with Crippen molar-refractivity contribution in [3.05, 3.63) is 30.1 Å². The molecule has 0 bridgehead atoms. The minimum absolute atomic E-state index is 0.157. The molecule has 1 aromatic rings. The maximum absolute atomic E-state index is 13.1. The summed E-state index contributed by atoms with van der Waals surface area (Å²) in [5.74, 6) is -1.66. The molecule has 6 nitrogen and oxygen atoms in total. The van der Waals surface area contributed by atoms with Crippen LogP contribution in [0.25, 0.3) is 0 Å². The van der Waals surface area contributed by atoms with Crippen LogP contribution in [0.1, 0.15) is 6.92 Å². The van der Waals surface area contributed by atoms with Crippen molar-refractivity contribution in [2.24, 2.45) is 5.92 Å². The maximum Gasteiger partial charge on any atom is 0.233 e. The Balaban J connectivity index is 1.95. The van der Waals surface area contributed by atoms with E-state index >= 15 is 0 Å². The number of halogens is 1. The number of hydrogen-bond acceptors (Lipinski definition) is 4. The molecule has 1 aromatic carbocycles. The first kappa shape index (κ1) is 17.7. The van der Waals surface area contributed by atoms with Gasteiger partial charge in [-0.3, -0.25) is 9.52 Å². The molecule has 1 aliphatic heterocycles. The van der Waals surface area contributed by atoms with Crippen molar-refractivity contribution >= 4 is 21.6 Å². The Morgan fingerprint density at radius 1 is 1.30 bits per heavy atom. The van der Waals surface area contributed by atoms with Crippen molar-refractivity contribution < 1.29 is 17.6 Å². The van der Waals surface area contributed by atoms with Crippen LogP contribution < -0.4 is 4.72 Å². The summed E-state index contributed by atoms with van der Waals surface area (Å²) in [5.41, 5.74) is 0.157. The van der Waals surface area contributed by atoms with Crippen LogP contribution in [0, 0.1) is 11.7 Å². The smallest absolute Gasteiger partial charge is 0.233 e. The topological polar surface area (TPSA) is 69.7 Å². The number of amides is 1. The molecule has 0 aliphatic carbocycles. The number of nitrogens with one attached hydrogen (secondary N) is 1. The molecule has 2 rings (SSSR count). The van der Waals surface area contributed by atoms with E-state index in [0.717, 1.165) is 19.2 Å². The summed E-state index contributed by atoms with van der Waals surface area (Å²) >= 11 is 0. The van der Waals surface area contributed by atoms with Crippen LogP contribution in [-0.2, 0) is 14.8 Å². The SMILES string of the molecule is CC(CS(=O)(=O)Nc1cccc(F)c1)C(=O)N1CCN(C)CC1. The highest BCUT2D eigenvalue weighted by Gasteiger charge is 2.27. The van der Waals surface area contributed by atoms with Crippen LogP contribution in [0.4, 0.5) is 10.1 Å². The second-order valence-electron chi connectivity index (χ2n) is 5.92. The van der Waals surface area contributed by atoms with Gasteiger partial charge in [-0.25, -0.2) is 12.8 Å². The van der Waals surface area contributed by atoms with Crippen molar-refractivity contribution in [2.45, 2.75) is 6.92 Å². The highest BCUT2D eigenvalue weighted by Crippen LogP contribution is 2.14. The summed E-state index contributed by atoms with van der Waals surface area (Å²) in [7, 11) is -1.73. The molecule has 1 aliphatic rings. The van der Waals surface area contributed by atoms with Crippen molar-refractivity contribution in [2.75, 3.05) is 43.7 Å². The number of sulfonamides is 1. The number of benzene rings is 1. The van der Waals surface area contributed by atoms with Gasteiger partial charge in [0, 0.05) is 26.2 Å². The molecule has 128 valence electrons. The predicted octanol–water partition coefficient (Wildman–Crippen LogP) is 0.978. The molecule has 0 radical (unpaired) electrons. The summed E-state index contributed by atoms with van der Waals surface area (Å²) in [6.07, 6.45) is 0. The van der Waals surface area contributed by atoms with Crippen LogP contribution in [0.5, 0.6) is 0 Å². The molecule has 1 unspecified atom stereocenters. The van der Waals surface area contributed by atoms with E-state index in [-0.39, 0.29) is 17.3 Å². The average Bonchev–Trinajstić information content (AvgIpc) is 2.46. The minimum atomic E-state index is -3.72. The third-order valence-electron chi connectivity index (χ3n) is 3.80. The summed E-state index contributed by atoms with van der Waals surface area (Å²) in [4.78, 5) is 16.2. The largest absolute Gasteiger partial charge is 0.340 e. The van der Waals surface area contributed by atoms with Gasteiger partial charge in [0.2, 0.25) is 15.9 Å². The standard InChI is InChI=1S/C15H22FN3O3S/c1-12(15(20)19-8-6-18(2)7-9-19)11-23(21,22)17-14-5-3-4-13(16)10-14/h3-5,10,12,17H,6-9,11H2,1-2H3. The van der Waals surface area contributed by atoms with Gasteiger partial charge >= 0.3 is 0 Å². The summed E-state index contributed by atoms with van der Waals surface area (Å²) in [6, 6.07) is 5.22. The highest BCUT2D eigenvalue weighted by molar-refractivity contribution is 7.92. The van der Waals surface area contributed by atoms with E-state index in [4.69, 9.17) is 0 Å². The van der Waals surface area contributed by atoms with Gasteiger partial charge in [0.05, 0.1) is 17.4 Å². The number of rotatable bonds is 5. The Kier molecular flexibility index (Phi) is 5.59. The Bertz CT molecular complexity index is 658. The third-order valence-corrected chi connectivity index (χ3v) is 5.29. The van der Waals surface area contributed by atoms with E-state index in [0.29, 0.717) is 13.1 Å². The van der Waals surface area contributed by atoms with E-state index in [1.54, 1.807) is 11.8 Å². The molecule has 0 saturated carbocycles. The number of nitrogens with zero attached hydrogens (tertiary/aromatic N) is 2. The molecular formula is C15H22FN3O3S. The molecular weight excluding hydrogens is 321 g/mol. The fourth-order valence-corrected chi connectivity index (χ4v) is 3.88. The summed E-state index contributed by atoms with van der Waals surface area (Å²) < 4.78 is 39.7. The van der Waals surface area contributed by atoms with Gasteiger partial charge in [0.1, 0.15) is 5.82 Å². The number of carbonyl (C=O) groups excluding carboxylic acids is 1. The molecule has 8 heteroatoms. The number of piperazine rings is 1. The van der Waals surface area contributed by atoms with Crippen LogP contribution in [0.2, 0.25) is 0 Å². The normalized spacial score (nSPS) is 17.8.